The molecule has 0 aliphatic carbocycles. The summed E-state index contributed by atoms with van der Waals surface area (Å²) in [6.07, 6.45) is 2.43. The molecule has 4 rings (SSSR count). The van der Waals surface area contributed by atoms with Gasteiger partial charge < -0.3 is 14.2 Å². The molecule has 0 radical (unpaired) electrons. The van der Waals surface area contributed by atoms with E-state index in [9.17, 15) is 21.6 Å². The van der Waals surface area contributed by atoms with Crippen LogP contribution in [-0.4, -0.2) is 57.4 Å². The van der Waals surface area contributed by atoms with Crippen molar-refractivity contribution in [2.75, 3.05) is 23.8 Å². The number of anilines is 1. The van der Waals surface area contributed by atoms with E-state index in [0.717, 1.165) is 17.2 Å². The molecule has 190 valence electrons. The van der Waals surface area contributed by atoms with Crippen LogP contribution in [0.5, 0.6) is 5.75 Å². The number of nitrogens with one attached hydrogen (secondary N) is 3. The number of hydrogen-bond donors (Lipinski definition) is 3. The summed E-state index contributed by atoms with van der Waals surface area (Å²) in [7, 11) is -6.66. The number of para-hydroxylation sites is 1. The lowest BCUT2D eigenvalue weighted by molar-refractivity contribution is -0.117. The number of hydrogen-bond acceptors (Lipinski definition) is 8. The first kappa shape index (κ1) is 25.4. The van der Waals surface area contributed by atoms with Gasteiger partial charge in [-0.25, -0.2) is 21.6 Å². The highest BCUT2D eigenvalue weighted by molar-refractivity contribution is 8.06. The molecular formula is C23H24N4O7S2. The first-order valence-corrected chi connectivity index (χ1v) is 14.4. The molecule has 13 heteroatoms. The van der Waals surface area contributed by atoms with Gasteiger partial charge in [-0.05, 0) is 42.3 Å². The van der Waals surface area contributed by atoms with Gasteiger partial charge in [0.25, 0.3) is 0 Å². The molecule has 2 aromatic carbocycles. The molecule has 4 aromatic rings. The first-order valence-electron chi connectivity index (χ1n) is 10.7. The predicted molar refractivity (Wildman–Crippen MR) is 135 cm³/mol. The summed E-state index contributed by atoms with van der Waals surface area (Å²) in [4.78, 5) is 16.2. The van der Waals surface area contributed by atoms with Gasteiger partial charge in [-0.1, -0.05) is 23.4 Å². The molecule has 0 aliphatic heterocycles. The van der Waals surface area contributed by atoms with Crippen LogP contribution in [0, 0.1) is 0 Å². The van der Waals surface area contributed by atoms with Crippen molar-refractivity contribution in [3.63, 3.8) is 0 Å². The monoisotopic (exact) mass is 532 g/mol. The Balaban J connectivity index is 1.57. The molecule has 0 aliphatic rings. The van der Waals surface area contributed by atoms with E-state index in [1.54, 1.807) is 37.6 Å². The van der Waals surface area contributed by atoms with E-state index in [0.29, 0.717) is 22.6 Å². The zero-order valence-corrected chi connectivity index (χ0v) is 21.0. The molecule has 2 heterocycles. The Morgan fingerprint density at radius 1 is 1.11 bits per heavy atom. The Labute approximate surface area is 207 Å². The molecule has 0 unspecified atom stereocenters. The van der Waals surface area contributed by atoms with Crippen LogP contribution < -0.4 is 14.8 Å². The molecule has 11 nitrogen and oxygen atoms in total. The number of amides is 1. The molecule has 0 saturated heterocycles. The van der Waals surface area contributed by atoms with Crippen molar-refractivity contribution in [1.29, 1.82) is 0 Å². The smallest absolute Gasteiger partial charge is 0.245 e. The van der Waals surface area contributed by atoms with Crippen LogP contribution in [-0.2, 0) is 31.1 Å². The molecule has 0 bridgehead atoms. The van der Waals surface area contributed by atoms with Gasteiger partial charge in [0.2, 0.25) is 21.8 Å². The zero-order chi connectivity index (χ0) is 25.9. The fourth-order valence-electron chi connectivity index (χ4n) is 3.68. The summed E-state index contributed by atoms with van der Waals surface area (Å²) in [5, 5.41) is 6.12. The fourth-order valence-corrected chi connectivity index (χ4v) is 6.83. The standard InChI is InChI=1S/C23H24N4O7S2/c1-33-17-9-7-15(8-10-17)20-12-22(34-26-20)25-23(28)21(27-36(31,32)14-35(2,29)30)11-16-13-24-19-6-4-3-5-18(16)19/h3-10,12-13,21,24,27H,11,14H2,1-2H3,(H,25,28)/t21-/m0/s1. The number of methoxy groups -OCH3 is 1. The molecule has 1 atom stereocenters. The normalized spacial score (nSPS) is 12.9. The highest BCUT2D eigenvalue weighted by atomic mass is 32.3. The second-order valence-corrected chi connectivity index (χ2v) is 12.4. The molecule has 0 spiro atoms. The predicted octanol–water partition coefficient (Wildman–Crippen LogP) is 2.30. The summed E-state index contributed by atoms with van der Waals surface area (Å²) < 4.78 is 60.8. The third-order valence-electron chi connectivity index (χ3n) is 5.25. The van der Waals surface area contributed by atoms with Gasteiger partial charge in [-0.3, -0.25) is 10.1 Å². The summed E-state index contributed by atoms with van der Waals surface area (Å²) in [6.45, 7) is 0. The minimum Gasteiger partial charge on any atom is -0.497 e. The van der Waals surface area contributed by atoms with Crippen LogP contribution in [0.4, 0.5) is 5.88 Å². The number of nitrogens with zero attached hydrogens (tertiary/aromatic N) is 1. The number of rotatable bonds is 10. The number of carbonyl (C=O) groups excluding carboxylic acids is 1. The van der Waals surface area contributed by atoms with Gasteiger partial charge in [0, 0.05) is 35.0 Å². The average Bonchev–Trinajstić information content (AvgIpc) is 3.44. The quantitative estimate of drug-likeness (QED) is 0.280. The van der Waals surface area contributed by atoms with Crippen molar-refractivity contribution in [3.8, 4) is 17.0 Å². The van der Waals surface area contributed by atoms with Crippen molar-refractivity contribution >= 4 is 42.6 Å². The van der Waals surface area contributed by atoms with Crippen molar-refractivity contribution < 1.29 is 30.9 Å². The SMILES string of the molecule is COc1ccc(-c2cc(NC(=O)[C@H](Cc3c[nH]c4ccccc34)NS(=O)(=O)CS(C)(=O)=O)on2)cc1. The molecule has 3 N–H and O–H groups in total. The molecular weight excluding hydrogens is 508 g/mol. The van der Waals surface area contributed by atoms with Gasteiger partial charge in [-0.15, -0.1) is 0 Å². The Bertz CT molecular complexity index is 1590. The molecule has 2 aromatic heterocycles. The Morgan fingerprint density at radius 2 is 1.83 bits per heavy atom. The van der Waals surface area contributed by atoms with Crippen molar-refractivity contribution in [2.45, 2.75) is 12.5 Å². The van der Waals surface area contributed by atoms with Gasteiger partial charge >= 0.3 is 0 Å². The number of fused-ring (bicyclic) bond motifs is 1. The number of carbonyl (C=O) groups is 1. The minimum absolute atomic E-state index is 0.00273. The number of benzene rings is 2. The largest absolute Gasteiger partial charge is 0.497 e. The maximum Gasteiger partial charge on any atom is 0.245 e. The molecule has 36 heavy (non-hydrogen) atoms. The van der Waals surface area contributed by atoms with Crippen LogP contribution in [0.25, 0.3) is 22.2 Å². The van der Waals surface area contributed by atoms with Gasteiger partial charge in [0.1, 0.15) is 17.5 Å². The lowest BCUT2D eigenvalue weighted by atomic mass is 10.1. The van der Waals surface area contributed by atoms with Crippen LogP contribution in [0.15, 0.2) is 65.3 Å². The second-order valence-electron chi connectivity index (χ2n) is 8.19. The summed E-state index contributed by atoms with van der Waals surface area (Å²) in [5.41, 5.74) is 2.64. The first-order chi connectivity index (χ1) is 17.0. The van der Waals surface area contributed by atoms with E-state index >= 15 is 0 Å². The van der Waals surface area contributed by atoms with Crippen molar-refractivity contribution in [3.05, 3.63) is 66.4 Å². The number of H-pyrrole nitrogens is 1. The van der Waals surface area contributed by atoms with Crippen LogP contribution in [0.3, 0.4) is 0 Å². The van der Waals surface area contributed by atoms with E-state index in [2.05, 4.69) is 20.2 Å². The molecule has 0 saturated carbocycles. The van der Waals surface area contributed by atoms with Crippen molar-refractivity contribution in [1.82, 2.24) is 14.9 Å². The molecule has 1 amide bonds. The lowest BCUT2D eigenvalue weighted by Crippen LogP contribution is -2.46. The summed E-state index contributed by atoms with van der Waals surface area (Å²) >= 11 is 0. The number of aromatic amines is 1. The lowest BCUT2D eigenvalue weighted by Gasteiger charge is -2.17. The summed E-state index contributed by atoms with van der Waals surface area (Å²) in [5.74, 6) is -0.0795. The number of aromatic nitrogens is 2. The minimum atomic E-state index is -4.34. The third kappa shape index (κ3) is 6.30. The summed E-state index contributed by atoms with van der Waals surface area (Å²) in [6, 6.07) is 14.5. The van der Waals surface area contributed by atoms with Gasteiger partial charge in [0.05, 0.1) is 7.11 Å². The maximum atomic E-state index is 13.1. The van der Waals surface area contributed by atoms with E-state index in [4.69, 9.17) is 9.26 Å². The Morgan fingerprint density at radius 3 is 2.53 bits per heavy atom. The average molecular weight is 533 g/mol. The van der Waals surface area contributed by atoms with E-state index in [1.807, 2.05) is 24.3 Å². The molecule has 0 fully saturated rings. The Kier molecular flexibility index (Phi) is 7.15. The van der Waals surface area contributed by atoms with Crippen LogP contribution >= 0.6 is 0 Å². The third-order valence-corrected chi connectivity index (χ3v) is 8.85. The second kappa shape index (κ2) is 10.1. The van der Waals surface area contributed by atoms with Crippen LogP contribution in [0.1, 0.15) is 5.56 Å². The van der Waals surface area contributed by atoms with Crippen molar-refractivity contribution in [2.24, 2.45) is 0 Å². The number of sulfonamides is 1. The Hall–Kier alpha value is -3.68. The van der Waals surface area contributed by atoms with Gasteiger partial charge in [0.15, 0.2) is 14.9 Å². The van der Waals surface area contributed by atoms with Crippen LogP contribution in [0.2, 0.25) is 0 Å². The van der Waals surface area contributed by atoms with Gasteiger partial charge in [-0.2, -0.15) is 0 Å². The van der Waals surface area contributed by atoms with E-state index in [-0.39, 0.29) is 12.3 Å². The fraction of sp³-hybridized carbons (Fsp3) is 0.217. The van der Waals surface area contributed by atoms with E-state index < -0.39 is 36.9 Å². The number of ether oxygens (including phenoxy) is 1. The highest BCUT2D eigenvalue weighted by Crippen LogP contribution is 2.25. The van der Waals surface area contributed by atoms with E-state index in [1.165, 1.54) is 6.07 Å². The maximum absolute atomic E-state index is 13.1. The zero-order valence-electron chi connectivity index (χ0n) is 19.4. The number of sulfone groups is 1. The topological polar surface area (TPSA) is 160 Å². The highest BCUT2D eigenvalue weighted by Gasteiger charge is 2.29.